The number of hydrogen-bond donors (Lipinski definition) is 1. The maximum atomic E-state index is 11.7. The first kappa shape index (κ1) is 14.6. The number of carbonyl (C=O) groups is 1. The van der Waals surface area contributed by atoms with Crippen LogP contribution in [-0.4, -0.2) is 29.8 Å². The zero-order chi connectivity index (χ0) is 15.0. The summed E-state index contributed by atoms with van der Waals surface area (Å²) in [5, 5.41) is 1.10. The van der Waals surface area contributed by atoms with Gasteiger partial charge in [0.25, 0.3) is 0 Å². The van der Waals surface area contributed by atoms with Crippen molar-refractivity contribution in [2.45, 2.75) is 45.1 Å². The van der Waals surface area contributed by atoms with Crippen molar-refractivity contribution in [2.24, 2.45) is 0 Å². The van der Waals surface area contributed by atoms with Crippen molar-refractivity contribution < 1.29 is 14.3 Å². The molecule has 0 radical (unpaired) electrons. The number of aromatic nitrogens is 1. The Hall–Kier alpha value is -1.33. The second kappa shape index (κ2) is 5.46. The average molecular weight is 307 g/mol. The highest BCUT2D eigenvalue weighted by molar-refractivity contribution is 7.18. The van der Waals surface area contributed by atoms with Gasteiger partial charge in [0.1, 0.15) is 10.5 Å². The van der Waals surface area contributed by atoms with Gasteiger partial charge in [-0.05, 0) is 51.7 Å². The number of nitrogens with one attached hydrogen (secondary N) is 1. The highest BCUT2D eigenvalue weighted by Crippen LogP contribution is 2.40. The number of aromatic amines is 1. The number of carbonyl (C=O) groups excluding carboxylic acids is 1. The summed E-state index contributed by atoms with van der Waals surface area (Å²) in [7, 11) is 0. The van der Waals surface area contributed by atoms with Crippen LogP contribution in [0.4, 0.5) is 0 Å². The van der Waals surface area contributed by atoms with E-state index in [-0.39, 0.29) is 11.6 Å². The smallest absolute Gasteiger partial charge is 0.354 e. The Morgan fingerprint density at radius 1 is 1.52 bits per heavy atom. The van der Waals surface area contributed by atoms with Crippen LogP contribution in [0.1, 0.15) is 54.9 Å². The van der Waals surface area contributed by atoms with Crippen molar-refractivity contribution in [3.63, 3.8) is 0 Å². The second-order valence-electron chi connectivity index (χ2n) is 6.13. The molecule has 2 aromatic heterocycles. The molecule has 0 aliphatic carbocycles. The van der Waals surface area contributed by atoms with Gasteiger partial charge in [-0.1, -0.05) is 0 Å². The highest BCUT2D eigenvalue weighted by atomic mass is 32.1. The van der Waals surface area contributed by atoms with E-state index >= 15 is 0 Å². The summed E-state index contributed by atoms with van der Waals surface area (Å²) in [6.07, 6.45) is 2.11. The fourth-order valence-corrected chi connectivity index (χ4v) is 4.12. The van der Waals surface area contributed by atoms with Crippen molar-refractivity contribution in [2.75, 3.05) is 13.2 Å². The molecule has 3 rings (SSSR count). The van der Waals surface area contributed by atoms with Crippen molar-refractivity contribution >= 4 is 27.5 Å². The fraction of sp³-hybridized carbons (Fsp3) is 0.562. The zero-order valence-corrected chi connectivity index (χ0v) is 13.5. The lowest BCUT2D eigenvalue weighted by atomic mass is 9.87. The van der Waals surface area contributed by atoms with Crippen LogP contribution in [-0.2, 0) is 9.47 Å². The Morgan fingerprint density at radius 3 is 3.00 bits per heavy atom. The van der Waals surface area contributed by atoms with Gasteiger partial charge >= 0.3 is 5.97 Å². The van der Waals surface area contributed by atoms with E-state index < -0.39 is 0 Å². The van der Waals surface area contributed by atoms with E-state index in [1.165, 1.54) is 4.88 Å². The molecule has 0 saturated carbocycles. The second-order valence-corrected chi connectivity index (χ2v) is 7.22. The van der Waals surface area contributed by atoms with Gasteiger partial charge in [0.2, 0.25) is 0 Å². The van der Waals surface area contributed by atoms with Crippen LogP contribution in [0.5, 0.6) is 0 Å². The third-order valence-corrected chi connectivity index (χ3v) is 5.15. The lowest BCUT2D eigenvalue weighted by Gasteiger charge is -2.35. The quantitative estimate of drug-likeness (QED) is 0.869. The Bertz CT molecular complexity index is 624. The van der Waals surface area contributed by atoms with E-state index in [4.69, 9.17) is 9.47 Å². The maximum absolute atomic E-state index is 11.7. The molecule has 5 heteroatoms. The first-order valence-corrected chi connectivity index (χ1v) is 8.24. The van der Waals surface area contributed by atoms with Crippen molar-refractivity contribution in [1.82, 2.24) is 4.98 Å². The lowest BCUT2D eigenvalue weighted by Crippen LogP contribution is -2.32. The maximum Gasteiger partial charge on any atom is 0.354 e. The molecule has 1 atom stereocenters. The van der Waals surface area contributed by atoms with Crippen molar-refractivity contribution in [3.8, 4) is 0 Å². The molecule has 2 aromatic rings. The minimum atomic E-state index is -0.283. The molecule has 1 N–H and O–H groups in total. The van der Waals surface area contributed by atoms with Gasteiger partial charge in [-0.2, -0.15) is 0 Å². The molecule has 1 unspecified atom stereocenters. The summed E-state index contributed by atoms with van der Waals surface area (Å²) in [5.41, 5.74) is 0.494. The number of rotatable bonds is 3. The molecule has 1 aliphatic rings. The fourth-order valence-electron chi connectivity index (χ4n) is 2.94. The molecule has 0 aromatic carbocycles. The van der Waals surface area contributed by atoms with E-state index in [2.05, 4.69) is 24.9 Å². The molecule has 21 heavy (non-hydrogen) atoms. The summed E-state index contributed by atoms with van der Waals surface area (Å²) in [6, 6.07) is 4.09. The predicted octanol–water partition coefficient (Wildman–Crippen LogP) is 4.08. The van der Waals surface area contributed by atoms with Gasteiger partial charge in [0.05, 0.1) is 12.2 Å². The van der Waals surface area contributed by atoms with E-state index in [1.807, 2.05) is 13.0 Å². The summed E-state index contributed by atoms with van der Waals surface area (Å²) >= 11 is 1.74. The summed E-state index contributed by atoms with van der Waals surface area (Å²) in [4.78, 5) is 17.3. The van der Waals surface area contributed by atoms with E-state index in [0.717, 1.165) is 29.7 Å². The molecule has 0 amide bonds. The van der Waals surface area contributed by atoms with Gasteiger partial charge in [-0.25, -0.2) is 4.79 Å². The van der Waals surface area contributed by atoms with Gasteiger partial charge in [-0.15, -0.1) is 11.3 Å². The lowest BCUT2D eigenvalue weighted by molar-refractivity contribution is -0.0588. The van der Waals surface area contributed by atoms with Gasteiger partial charge in [-0.3, -0.25) is 0 Å². The van der Waals surface area contributed by atoms with Crippen LogP contribution in [0.25, 0.3) is 10.2 Å². The Balaban J connectivity index is 1.82. The molecule has 1 aliphatic heterocycles. The van der Waals surface area contributed by atoms with Crippen LogP contribution in [0.15, 0.2) is 12.1 Å². The first-order valence-electron chi connectivity index (χ1n) is 7.42. The number of fused-ring (bicyclic) bond motifs is 1. The van der Waals surface area contributed by atoms with Crippen molar-refractivity contribution in [1.29, 1.82) is 0 Å². The van der Waals surface area contributed by atoms with Gasteiger partial charge < -0.3 is 14.5 Å². The molecule has 114 valence electrons. The Morgan fingerprint density at radius 2 is 2.33 bits per heavy atom. The van der Waals surface area contributed by atoms with Gasteiger partial charge in [0.15, 0.2) is 0 Å². The van der Waals surface area contributed by atoms with Gasteiger partial charge in [0, 0.05) is 16.9 Å². The summed E-state index contributed by atoms with van der Waals surface area (Å²) in [5.74, 6) is 0.264. The van der Waals surface area contributed by atoms with Crippen LogP contribution < -0.4 is 0 Å². The number of ether oxygens (including phenoxy) is 2. The van der Waals surface area contributed by atoms with Crippen LogP contribution in [0, 0.1) is 0 Å². The molecule has 0 spiro atoms. The normalized spacial score (nSPS) is 21.6. The monoisotopic (exact) mass is 307 g/mol. The Labute approximate surface area is 128 Å². The van der Waals surface area contributed by atoms with Crippen LogP contribution in [0.2, 0.25) is 0 Å². The molecular formula is C16H21NO3S. The van der Waals surface area contributed by atoms with E-state index in [1.54, 1.807) is 11.3 Å². The third-order valence-electron chi connectivity index (χ3n) is 3.92. The minimum absolute atomic E-state index is 0.0449. The summed E-state index contributed by atoms with van der Waals surface area (Å²) < 4.78 is 10.8. The molecule has 3 heterocycles. The number of thiophene rings is 1. The third kappa shape index (κ3) is 2.99. The largest absolute Gasteiger partial charge is 0.461 e. The standard InChI is InChI=1S/C16H21NO3S/c1-4-19-15(18)12-7-11-8-13(21-14(11)17-12)10-5-6-20-16(2,3)9-10/h7-8,10,17H,4-6,9H2,1-3H3. The number of esters is 1. The average Bonchev–Trinajstić information content (AvgIpc) is 2.95. The minimum Gasteiger partial charge on any atom is -0.461 e. The molecule has 1 fully saturated rings. The van der Waals surface area contributed by atoms with E-state index in [0.29, 0.717) is 18.2 Å². The van der Waals surface area contributed by atoms with Crippen LogP contribution >= 0.6 is 11.3 Å². The molecule has 1 saturated heterocycles. The van der Waals surface area contributed by atoms with Crippen molar-refractivity contribution in [3.05, 3.63) is 22.7 Å². The predicted molar refractivity (Wildman–Crippen MR) is 84.1 cm³/mol. The SMILES string of the molecule is CCOC(=O)c1cc2cc(C3CCOC(C)(C)C3)sc2[nH]1. The molecule has 0 bridgehead atoms. The molecule has 4 nitrogen and oxygen atoms in total. The molecular weight excluding hydrogens is 286 g/mol. The van der Waals surface area contributed by atoms with E-state index in [9.17, 15) is 4.79 Å². The topological polar surface area (TPSA) is 51.3 Å². The highest BCUT2D eigenvalue weighted by Gasteiger charge is 2.30. The zero-order valence-electron chi connectivity index (χ0n) is 12.7. The number of H-pyrrole nitrogens is 1. The summed E-state index contributed by atoms with van der Waals surface area (Å²) in [6.45, 7) is 7.33. The number of hydrogen-bond acceptors (Lipinski definition) is 4. The van der Waals surface area contributed by atoms with Crippen LogP contribution in [0.3, 0.4) is 0 Å². The Kier molecular flexibility index (Phi) is 3.80. The first-order chi connectivity index (χ1) is 9.98.